The molecule has 0 spiro atoms. The van der Waals surface area contributed by atoms with Crippen LogP contribution in [0.1, 0.15) is 27.7 Å². The second kappa shape index (κ2) is 15.1. The molecule has 0 radical (unpaired) electrons. The van der Waals surface area contributed by atoms with Crippen molar-refractivity contribution in [1.29, 1.82) is 0 Å². The third kappa shape index (κ3) is 13.2. The zero-order valence-corrected chi connectivity index (χ0v) is 16.5. The first-order valence-electron chi connectivity index (χ1n) is 5.40. The van der Waals surface area contributed by atoms with Crippen molar-refractivity contribution in [3.8, 4) is 0 Å². The van der Waals surface area contributed by atoms with Gasteiger partial charge in [0.25, 0.3) is 0 Å². The molecule has 0 unspecified atom stereocenters. The van der Waals surface area contributed by atoms with E-state index in [1.807, 2.05) is 9.80 Å². The molecule has 0 saturated heterocycles. The van der Waals surface area contributed by atoms with Crippen LogP contribution in [0.4, 0.5) is 0 Å². The molecule has 0 N–H and O–H groups in total. The normalized spacial score (nSPS) is 8.35. The van der Waals surface area contributed by atoms with E-state index < -0.39 is 0 Å². The fourth-order valence-electron chi connectivity index (χ4n) is 0.988. The van der Waals surface area contributed by atoms with Gasteiger partial charge in [0.2, 0.25) is 0 Å². The molecule has 0 aliphatic rings. The van der Waals surface area contributed by atoms with Gasteiger partial charge in [-0.25, -0.2) is 0 Å². The Labute approximate surface area is 138 Å². The average Bonchev–Trinajstić information content (AvgIpc) is 2.21. The van der Waals surface area contributed by atoms with Crippen LogP contribution < -0.4 is 0 Å². The van der Waals surface area contributed by atoms with Crippen molar-refractivity contribution in [3.05, 3.63) is 0 Å². The number of hydrogen-bond donors (Lipinski definition) is 2. The molecule has 0 rings (SSSR count). The van der Waals surface area contributed by atoms with E-state index in [0.717, 1.165) is 26.2 Å². The van der Waals surface area contributed by atoms with Crippen molar-refractivity contribution >= 4 is 75.4 Å². The Kier molecular flexibility index (Phi) is 20.5. The Morgan fingerprint density at radius 1 is 0.765 bits per heavy atom. The number of thiol groups is 2. The number of nitrogens with zero attached hydrogens (tertiary/aromatic N) is 2. The van der Waals surface area contributed by atoms with Gasteiger partial charge in [0.15, 0.2) is 0 Å². The topological polar surface area (TPSA) is 6.48 Å². The molecule has 0 heterocycles. The summed E-state index contributed by atoms with van der Waals surface area (Å²) < 4.78 is 1.38. The predicted octanol–water partition coefficient (Wildman–Crippen LogP) is 2.17. The summed E-state index contributed by atoms with van der Waals surface area (Å²) in [4.78, 5) is 4.02. The number of thiocarbonyl (C=S) groups is 2. The zero-order chi connectivity index (χ0) is 13.1. The third-order valence-electron chi connectivity index (χ3n) is 2.07. The zero-order valence-electron chi connectivity index (χ0n) is 10.9. The van der Waals surface area contributed by atoms with Gasteiger partial charge in [0.05, 0.1) is 0 Å². The molecule has 0 amide bonds. The summed E-state index contributed by atoms with van der Waals surface area (Å²) in [5.74, 6) is 0. The fraction of sp³-hybridized carbons (Fsp3) is 0.800. The van der Waals surface area contributed by atoms with Crippen LogP contribution in [0, 0.1) is 0 Å². The summed E-state index contributed by atoms with van der Waals surface area (Å²) >= 11 is 17.6. The standard InChI is InChI=1S/2C5H11NS2.H2Se/c2*1-3-6(4-2)5(7)8;/h2*3-4H2,1-2H3,(H,7,8);1H2. The summed E-state index contributed by atoms with van der Waals surface area (Å²) in [6, 6.07) is 0. The van der Waals surface area contributed by atoms with Gasteiger partial charge in [-0.3, -0.25) is 0 Å². The Morgan fingerprint density at radius 2 is 0.941 bits per heavy atom. The molecule has 0 bridgehead atoms. The summed E-state index contributed by atoms with van der Waals surface area (Å²) in [5.41, 5.74) is 0. The van der Waals surface area contributed by atoms with Crippen molar-refractivity contribution in [2.75, 3.05) is 26.2 Å². The molecule has 2 nitrogen and oxygen atoms in total. The van der Waals surface area contributed by atoms with Crippen LogP contribution in [0.25, 0.3) is 0 Å². The Hall–Kier alpha value is 0.999. The summed E-state index contributed by atoms with van der Waals surface area (Å²) in [7, 11) is 0. The fourth-order valence-corrected chi connectivity index (χ4v) is 2.07. The van der Waals surface area contributed by atoms with Gasteiger partial charge in [0, 0.05) is 26.2 Å². The number of rotatable bonds is 4. The van der Waals surface area contributed by atoms with E-state index in [1.54, 1.807) is 0 Å². The molecular weight excluding hydrogens is 355 g/mol. The van der Waals surface area contributed by atoms with Crippen molar-refractivity contribution in [3.63, 3.8) is 0 Å². The van der Waals surface area contributed by atoms with E-state index in [0.29, 0.717) is 8.64 Å². The van der Waals surface area contributed by atoms with E-state index in [-0.39, 0.29) is 17.1 Å². The summed E-state index contributed by atoms with van der Waals surface area (Å²) in [6.45, 7) is 12.1. The van der Waals surface area contributed by atoms with Gasteiger partial charge < -0.3 is 9.80 Å². The van der Waals surface area contributed by atoms with Crippen LogP contribution in [0.5, 0.6) is 0 Å². The van der Waals surface area contributed by atoms with E-state index in [2.05, 4.69) is 53.0 Å². The first kappa shape index (κ1) is 23.1. The Morgan fingerprint density at radius 3 is 0.941 bits per heavy atom. The Bertz CT molecular complexity index is 184. The quantitative estimate of drug-likeness (QED) is 0.439. The van der Waals surface area contributed by atoms with Gasteiger partial charge in [-0.2, -0.15) is 0 Å². The minimum absolute atomic E-state index is 0. The number of hydrogen-bond acceptors (Lipinski definition) is 2. The van der Waals surface area contributed by atoms with Gasteiger partial charge >= 0.3 is 17.1 Å². The van der Waals surface area contributed by atoms with Crippen LogP contribution >= 0.6 is 49.7 Å². The van der Waals surface area contributed by atoms with Crippen LogP contribution in [-0.4, -0.2) is 61.7 Å². The molecule has 7 heteroatoms. The van der Waals surface area contributed by atoms with Crippen LogP contribution in [-0.2, 0) is 0 Å². The summed E-state index contributed by atoms with van der Waals surface area (Å²) in [5, 5.41) is 0. The molecular formula is C10H24N2S4Se. The third-order valence-corrected chi connectivity index (χ3v) is 3.15. The molecule has 0 aromatic heterocycles. The summed E-state index contributed by atoms with van der Waals surface area (Å²) in [6.07, 6.45) is 0. The van der Waals surface area contributed by atoms with Gasteiger partial charge in [-0.1, -0.05) is 24.4 Å². The second-order valence-electron chi connectivity index (χ2n) is 2.91. The molecule has 104 valence electrons. The van der Waals surface area contributed by atoms with E-state index in [9.17, 15) is 0 Å². The first-order valence-corrected chi connectivity index (χ1v) is 7.11. The van der Waals surface area contributed by atoms with Crippen LogP contribution in [0.2, 0.25) is 0 Å². The molecule has 0 saturated carbocycles. The maximum absolute atomic E-state index is 4.81. The van der Waals surface area contributed by atoms with E-state index >= 15 is 0 Å². The second-order valence-corrected chi connectivity index (χ2v) is 5.14. The SMILES string of the molecule is CCN(CC)C(=S)S.CCN(CC)C(=S)S.[SeH2]. The van der Waals surface area contributed by atoms with E-state index in [1.165, 1.54) is 0 Å². The Balaban J connectivity index is -0.000000218. The van der Waals surface area contributed by atoms with Gasteiger partial charge in [0.1, 0.15) is 8.64 Å². The molecule has 0 aromatic rings. The van der Waals surface area contributed by atoms with Crippen LogP contribution in [0.3, 0.4) is 0 Å². The van der Waals surface area contributed by atoms with Crippen molar-refractivity contribution < 1.29 is 0 Å². The van der Waals surface area contributed by atoms with Gasteiger partial charge in [-0.15, -0.1) is 25.3 Å². The van der Waals surface area contributed by atoms with Gasteiger partial charge in [-0.05, 0) is 27.7 Å². The molecule has 0 aliphatic carbocycles. The van der Waals surface area contributed by atoms with Crippen molar-refractivity contribution in [2.45, 2.75) is 27.7 Å². The predicted molar refractivity (Wildman–Crippen MR) is 97.6 cm³/mol. The molecule has 17 heavy (non-hydrogen) atoms. The monoisotopic (exact) mass is 380 g/mol. The molecule has 0 aromatic carbocycles. The molecule has 0 aliphatic heterocycles. The maximum atomic E-state index is 4.81. The molecule has 0 atom stereocenters. The van der Waals surface area contributed by atoms with E-state index in [4.69, 9.17) is 24.4 Å². The van der Waals surface area contributed by atoms with Crippen molar-refractivity contribution in [1.82, 2.24) is 9.80 Å². The van der Waals surface area contributed by atoms with Crippen LogP contribution in [0.15, 0.2) is 0 Å². The van der Waals surface area contributed by atoms with Crippen molar-refractivity contribution in [2.24, 2.45) is 0 Å². The molecule has 0 fully saturated rings. The minimum atomic E-state index is 0. The first-order chi connectivity index (χ1) is 7.44. The average molecular weight is 380 g/mol.